The second-order valence-corrected chi connectivity index (χ2v) is 6.24. The highest BCUT2D eigenvalue weighted by atomic mass is 35.5. The maximum absolute atomic E-state index is 11.4. The van der Waals surface area contributed by atoms with Gasteiger partial charge in [0.1, 0.15) is 0 Å². The fourth-order valence-electron chi connectivity index (χ4n) is 3.28. The molecule has 0 amide bonds. The van der Waals surface area contributed by atoms with Gasteiger partial charge in [0.15, 0.2) is 0 Å². The van der Waals surface area contributed by atoms with Gasteiger partial charge in [-0.3, -0.25) is 0 Å². The minimum atomic E-state index is 0.472. The molecule has 0 aromatic heterocycles. The summed E-state index contributed by atoms with van der Waals surface area (Å²) in [7, 11) is 0. The third-order valence-corrected chi connectivity index (χ3v) is 4.71. The molecule has 120 valence electrons. The van der Waals surface area contributed by atoms with E-state index >= 15 is 0 Å². The highest BCUT2D eigenvalue weighted by Crippen LogP contribution is 2.40. The van der Waals surface area contributed by atoms with Crippen molar-refractivity contribution in [3.63, 3.8) is 0 Å². The van der Waals surface area contributed by atoms with Gasteiger partial charge in [-0.05, 0) is 33.5 Å². The molecule has 1 N–H and O–H groups in total. The third-order valence-electron chi connectivity index (χ3n) is 4.40. The van der Waals surface area contributed by atoms with Gasteiger partial charge in [-0.15, -0.1) is 0 Å². The fraction of sp³-hybridized carbons (Fsp3) is 0. The fourth-order valence-corrected chi connectivity index (χ4v) is 3.56. The normalized spacial score (nSPS) is 10.8. The lowest BCUT2D eigenvalue weighted by Gasteiger charge is -2.13. The summed E-state index contributed by atoms with van der Waals surface area (Å²) in [5, 5.41) is 4.91. The van der Waals surface area contributed by atoms with Crippen molar-refractivity contribution in [2.24, 2.45) is 0 Å². The van der Waals surface area contributed by atoms with Crippen molar-refractivity contribution >= 4 is 28.1 Å². The van der Waals surface area contributed by atoms with Crippen LogP contribution in [0, 0.1) is 4.91 Å². The van der Waals surface area contributed by atoms with Crippen molar-refractivity contribution in [1.29, 1.82) is 0 Å². The number of hydrogen-bond donors (Lipinski definition) is 1. The van der Waals surface area contributed by atoms with Crippen molar-refractivity contribution in [3.8, 4) is 22.3 Å². The molecule has 25 heavy (non-hydrogen) atoms. The molecule has 0 bridgehead atoms. The molecule has 0 heterocycles. The third kappa shape index (κ3) is 2.71. The predicted molar refractivity (Wildman–Crippen MR) is 104 cm³/mol. The molecule has 2 nitrogen and oxygen atoms in total. The van der Waals surface area contributed by atoms with E-state index in [9.17, 15) is 4.91 Å². The van der Waals surface area contributed by atoms with Crippen LogP contribution in [0.3, 0.4) is 0 Å². The molecular weight excluding hydrogens is 330 g/mol. The minimum absolute atomic E-state index is 0.472. The molecule has 0 aliphatic rings. The first kappa shape index (κ1) is 15.6. The van der Waals surface area contributed by atoms with Gasteiger partial charge < -0.3 is 0 Å². The second kappa shape index (κ2) is 6.50. The summed E-state index contributed by atoms with van der Waals surface area (Å²) in [5.41, 5.74) is 4.29. The number of rotatable bonds is 3. The van der Waals surface area contributed by atoms with E-state index in [-0.39, 0.29) is 0 Å². The first-order valence-corrected chi connectivity index (χ1v) is 8.41. The van der Waals surface area contributed by atoms with Crippen molar-refractivity contribution in [2.45, 2.75) is 0 Å². The summed E-state index contributed by atoms with van der Waals surface area (Å²) in [6, 6.07) is 27.9. The summed E-state index contributed by atoms with van der Waals surface area (Å²) in [4.78, 5) is 11.4. The topological polar surface area (TPSA) is 31.0 Å². The second-order valence-electron chi connectivity index (χ2n) is 5.84. The van der Waals surface area contributed by atoms with Crippen LogP contribution in [-0.4, -0.2) is 0 Å². The molecule has 0 saturated carbocycles. The van der Waals surface area contributed by atoms with Crippen LogP contribution in [0.5, 0.6) is 0 Å². The van der Waals surface area contributed by atoms with Crippen LogP contribution in [0.1, 0.15) is 0 Å². The van der Waals surface area contributed by atoms with Gasteiger partial charge in [-0.25, -0.2) is 0 Å². The van der Waals surface area contributed by atoms with Gasteiger partial charge in [0.05, 0.1) is 10.6 Å². The number of benzene rings is 4. The zero-order valence-electron chi connectivity index (χ0n) is 13.4. The van der Waals surface area contributed by atoms with Crippen LogP contribution < -0.4 is 5.18 Å². The number of nitrogens with one attached hydrogen (secondary N) is 1. The van der Waals surface area contributed by atoms with Crippen LogP contribution in [0.25, 0.3) is 33.0 Å². The molecule has 4 rings (SSSR count). The zero-order chi connectivity index (χ0) is 17.2. The van der Waals surface area contributed by atoms with Gasteiger partial charge in [0, 0.05) is 16.2 Å². The van der Waals surface area contributed by atoms with Gasteiger partial charge in [-0.2, -0.15) is 0 Å². The molecule has 0 aliphatic heterocycles. The van der Waals surface area contributed by atoms with E-state index in [1.807, 2.05) is 41.6 Å². The van der Waals surface area contributed by atoms with E-state index in [1.54, 1.807) is 18.2 Å². The van der Waals surface area contributed by atoms with Gasteiger partial charge in [0.2, 0.25) is 0 Å². The van der Waals surface area contributed by atoms with Crippen LogP contribution in [0.15, 0.2) is 84.9 Å². The Kier molecular flexibility index (Phi) is 4.04. The molecule has 0 atom stereocenters. The van der Waals surface area contributed by atoms with Gasteiger partial charge in [-0.1, -0.05) is 84.4 Å². The highest BCUT2D eigenvalue weighted by Gasteiger charge is 2.18. The van der Waals surface area contributed by atoms with E-state index in [4.69, 9.17) is 11.6 Å². The molecule has 4 aromatic rings. The zero-order valence-corrected chi connectivity index (χ0v) is 14.1. The number of halogens is 1. The molecule has 0 aliphatic carbocycles. The largest absolute Gasteiger partial charge is 0.262 e. The van der Waals surface area contributed by atoms with Crippen LogP contribution in [0.4, 0.5) is 5.69 Å². The Morgan fingerprint density at radius 3 is 2.12 bits per heavy atom. The van der Waals surface area contributed by atoms with E-state index in [0.29, 0.717) is 10.7 Å². The van der Waals surface area contributed by atoms with E-state index in [1.165, 1.54) is 10.8 Å². The van der Waals surface area contributed by atoms with Crippen molar-refractivity contribution in [1.82, 2.24) is 0 Å². The van der Waals surface area contributed by atoms with Crippen LogP contribution in [0.2, 0.25) is 5.02 Å². The summed E-state index contributed by atoms with van der Waals surface area (Å²) in [5.74, 6) is 0. The quantitative estimate of drug-likeness (QED) is 0.536. The monoisotopic (exact) mass is 344 g/mol. The Morgan fingerprint density at radius 2 is 1.28 bits per heavy atom. The summed E-state index contributed by atoms with van der Waals surface area (Å²) >= 11 is 6.44. The Labute approximate surface area is 150 Å². The van der Waals surface area contributed by atoms with Gasteiger partial charge in [0.25, 0.3) is 5.69 Å². The molecule has 0 fully saturated rings. The lowest BCUT2D eigenvalue weighted by atomic mass is 9.91. The lowest BCUT2D eigenvalue weighted by molar-refractivity contribution is -0.378. The van der Waals surface area contributed by atoms with E-state index in [2.05, 4.69) is 30.3 Å². The minimum Gasteiger partial charge on any atom is -0.0834 e. The predicted octanol–water partition coefficient (Wildman–Crippen LogP) is 5.31. The number of hydrogen-bond acceptors (Lipinski definition) is 1. The maximum Gasteiger partial charge on any atom is 0.262 e. The van der Waals surface area contributed by atoms with Crippen LogP contribution >= 0.6 is 11.6 Å². The smallest absolute Gasteiger partial charge is 0.0834 e. The van der Waals surface area contributed by atoms with Crippen molar-refractivity contribution in [2.75, 3.05) is 0 Å². The SMILES string of the molecule is O=[NH+]c1cccc(Cl)c1-c1ccccc1-c1cccc2ccccc12. The Balaban J connectivity index is 2.05. The molecular formula is C22H15ClNO+. The summed E-state index contributed by atoms with van der Waals surface area (Å²) in [6.07, 6.45) is 0. The first-order valence-electron chi connectivity index (χ1n) is 8.04. The average Bonchev–Trinajstić information content (AvgIpc) is 2.67. The molecule has 0 saturated heterocycles. The maximum atomic E-state index is 11.4. The van der Waals surface area contributed by atoms with E-state index < -0.39 is 0 Å². The molecule has 0 spiro atoms. The Morgan fingerprint density at radius 1 is 0.640 bits per heavy atom. The molecule has 3 heteroatoms. The Bertz CT molecular complexity index is 1080. The molecule has 4 aromatic carbocycles. The molecule has 0 unspecified atom stereocenters. The number of fused-ring (bicyclic) bond motifs is 1. The summed E-state index contributed by atoms with van der Waals surface area (Å²) in [6.45, 7) is 0. The lowest BCUT2D eigenvalue weighted by Crippen LogP contribution is -2.56. The Hall–Kier alpha value is -2.97. The summed E-state index contributed by atoms with van der Waals surface area (Å²) < 4.78 is 0. The standard InChI is InChI=1S/C22H14ClNO/c23-20-13-6-14-21(24-25)22(20)19-11-4-3-10-18(19)17-12-5-8-15-7-1-2-9-16(15)17/h1-14H/p+1. The van der Waals surface area contributed by atoms with Gasteiger partial charge >= 0.3 is 0 Å². The number of nitroso groups, excluding NO2 is 1. The highest BCUT2D eigenvalue weighted by molar-refractivity contribution is 6.34. The van der Waals surface area contributed by atoms with Crippen molar-refractivity contribution in [3.05, 3.63) is 94.9 Å². The molecule has 0 radical (unpaired) electrons. The van der Waals surface area contributed by atoms with Crippen molar-refractivity contribution < 1.29 is 5.18 Å². The average molecular weight is 345 g/mol. The van der Waals surface area contributed by atoms with Crippen LogP contribution in [-0.2, 0) is 0 Å². The first-order chi connectivity index (χ1) is 12.3. The van der Waals surface area contributed by atoms with E-state index in [0.717, 1.165) is 22.3 Å².